The number of methoxy groups -OCH3 is 2. The topological polar surface area (TPSA) is 47.6 Å². The fourth-order valence-electron chi connectivity index (χ4n) is 3.02. The molecule has 1 aromatic carbocycles. The van der Waals surface area contributed by atoms with Crippen LogP contribution >= 0.6 is 0 Å². The van der Waals surface area contributed by atoms with Crippen LogP contribution in [0.2, 0.25) is 0 Å². The zero-order chi connectivity index (χ0) is 14.8. The average molecular weight is 277 g/mol. The first-order valence-corrected chi connectivity index (χ1v) is 6.91. The Labute approximate surface area is 120 Å². The number of hydrogen-bond donors (Lipinski definition) is 1. The Hall–Kier alpha value is -1.71. The van der Waals surface area contributed by atoms with Crippen molar-refractivity contribution in [3.05, 3.63) is 24.3 Å². The number of carbonyl (C=O) groups excluding carboxylic acids is 1. The molecule has 0 bridgehead atoms. The lowest BCUT2D eigenvalue weighted by atomic mass is 9.87. The van der Waals surface area contributed by atoms with E-state index < -0.39 is 5.54 Å². The highest BCUT2D eigenvalue weighted by molar-refractivity contribution is 5.85. The Balaban J connectivity index is 2.22. The molecule has 0 saturated heterocycles. The number of esters is 1. The summed E-state index contributed by atoms with van der Waals surface area (Å²) >= 11 is 0. The predicted octanol–water partition coefficient (Wildman–Crippen LogP) is 3.23. The van der Waals surface area contributed by atoms with E-state index in [1.165, 1.54) is 7.11 Å². The molecular weight excluding hydrogens is 254 g/mol. The molecule has 20 heavy (non-hydrogen) atoms. The molecule has 1 unspecified atom stereocenters. The van der Waals surface area contributed by atoms with Crippen LogP contribution in [0.4, 0.5) is 5.69 Å². The molecule has 4 heteroatoms. The Morgan fingerprint density at radius 3 is 2.25 bits per heavy atom. The third kappa shape index (κ3) is 2.89. The third-order valence-corrected chi connectivity index (χ3v) is 4.06. The molecule has 1 aromatic rings. The van der Waals surface area contributed by atoms with Crippen LogP contribution in [0, 0.1) is 5.41 Å². The molecule has 0 amide bonds. The molecule has 1 N–H and O–H groups in total. The van der Waals surface area contributed by atoms with Crippen molar-refractivity contribution >= 4 is 11.7 Å². The van der Waals surface area contributed by atoms with Gasteiger partial charge in [0.2, 0.25) is 0 Å². The summed E-state index contributed by atoms with van der Waals surface area (Å²) in [5.41, 5.74) is 0.439. The Morgan fingerprint density at radius 2 is 1.80 bits per heavy atom. The maximum absolute atomic E-state index is 12.2. The summed E-state index contributed by atoms with van der Waals surface area (Å²) in [6.45, 7) is 4.38. The maximum atomic E-state index is 12.2. The standard InChI is InChI=1S/C16H23NO3/c1-15(2)9-10-16(11-15,14(18)20-4)17-12-5-7-13(19-3)8-6-12/h5-8,17H,9-11H2,1-4H3. The van der Waals surface area contributed by atoms with Crippen LogP contribution in [0.1, 0.15) is 33.1 Å². The van der Waals surface area contributed by atoms with Crippen molar-refractivity contribution < 1.29 is 14.3 Å². The van der Waals surface area contributed by atoms with Crippen LogP contribution in [-0.4, -0.2) is 25.7 Å². The molecule has 0 spiro atoms. The third-order valence-electron chi connectivity index (χ3n) is 4.06. The second kappa shape index (κ2) is 5.35. The van der Waals surface area contributed by atoms with E-state index in [9.17, 15) is 4.79 Å². The van der Waals surface area contributed by atoms with Gasteiger partial charge in [0.15, 0.2) is 0 Å². The second-order valence-electron chi connectivity index (χ2n) is 6.27. The van der Waals surface area contributed by atoms with Gasteiger partial charge in [0, 0.05) is 5.69 Å². The van der Waals surface area contributed by atoms with Crippen molar-refractivity contribution in [1.29, 1.82) is 0 Å². The summed E-state index contributed by atoms with van der Waals surface area (Å²) in [6.07, 6.45) is 2.57. The predicted molar refractivity (Wildman–Crippen MR) is 79.0 cm³/mol. The summed E-state index contributed by atoms with van der Waals surface area (Å²) in [7, 11) is 3.09. The molecule has 0 heterocycles. The van der Waals surface area contributed by atoms with E-state index in [0.717, 1.165) is 30.7 Å². The molecule has 0 radical (unpaired) electrons. The fraction of sp³-hybridized carbons (Fsp3) is 0.562. The van der Waals surface area contributed by atoms with E-state index in [-0.39, 0.29) is 11.4 Å². The van der Waals surface area contributed by atoms with Crippen molar-refractivity contribution in [3.63, 3.8) is 0 Å². The smallest absolute Gasteiger partial charge is 0.331 e. The molecule has 1 saturated carbocycles. The zero-order valence-corrected chi connectivity index (χ0v) is 12.7. The molecule has 1 fully saturated rings. The maximum Gasteiger partial charge on any atom is 0.331 e. The van der Waals surface area contributed by atoms with E-state index in [1.54, 1.807) is 7.11 Å². The van der Waals surface area contributed by atoms with Crippen molar-refractivity contribution in [3.8, 4) is 5.75 Å². The van der Waals surface area contributed by atoms with Gasteiger partial charge in [-0.2, -0.15) is 0 Å². The highest BCUT2D eigenvalue weighted by atomic mass is 16.5. The minimum Gasteiger partial charge on any atom is -0.497 e. The quantitative estimate of drug-likeness (QED) is 0.858. The number of rotatable bonds is 4. The average Bonchev–Trinajstić information content (AvgIpc) is 2.75. The van der Waals surface area contributed by atoms with Gasteiger partial charge in [-0.3, -0.25) is 0 Å². The number of anilines is 1. The molecule has 110 valence electrons. The summed E-state index contributed by atoms with van der Waals surface area (Å²) in [6, 6.07) is 7.62. The number of ether oxygens (including phenoxy) is 2. The van der Waals surface area contributed by atoms with E-state index in [0.29, 0.717) is 0 Å². The first kappa shape index (κ1) is 14.7. The highest BCUT2D eigenvalue weighted by Gasteiger charge is 2.49. The largest absolute Gasteiger partial charge is 0.497 e. The van der Waals surface area contributed by atoms with Gasteiger partial charge in [0.05, 0.1) is 14.2 Å². The Kier molecular flexibility index (Phi) is 3.93. The van der Waals surface area contributed by atoms with Gasteiger partial charge in [-0.05, 0) is 48.9 Å². The second-order valence-corrected chi connectivity index (χ2v) is 6.27. The fourth-order valence-corrected chi connectivity index (χ4v) is 3.02. The first-order valence-electron chi connectivity index (χ1n) is 6.91. The number of nitrogens with one attached hydrogen (secondary N) is 1. The normalized spacial score (nSPS) is 24.2. The number of carbonyl (C=O) groups is 1. The van der Waals surface area contributed by atoms with Crippen molar-refractivity contribution in [2.45, 2.75) is 38.6 Å². The van der Waals surface area contributed by atoms with E-state index in [1.807, 2.05) is 24.3 Å². The lowest BCUT2D eigenvalue weighted by Crippen LogP contribution is -2.45. The van der Waals surface area contributed by atoms with Gasteiger partial charge >= 0.3 is 5.97 Å². The van der Waals surface area contributed by atoms with Gasteiger partial charge in [-0.1, -0.05) is 13.8 Å². The number of benzene rings is 1. The van der Waals surface area contributed by atoms with Crippen LogP contribution in [0.3, 0.4) is 0 Å². The minimum absolute atomic E-state index is 0.146. The summed E-state index contributed by atoms with van der Waals surface area (Å²) in [5.74, 6) is 0.619. The summed E-state index contributed by atoms with van der Waals surface area (Å²) in [4.78, 5) is 12.2. The molecule has 1 aliphatic rings. The zero-order valence-electron chi connectivity index (χ0n) is 12.7. The Bertz CT molecular complexity index is 481. The lowest BCUT2D eigenvalue weighted by molar-refractivity contribution is -0.146. The summed E-state index contributed by atoms with van der Waals surface area (Å²) in [5, 5.41) is 3.38. The summed E-state index contributed by atoms with van der Waals surface area (Å²) < 4.78 is 10.2. The number of hydrogen-bond acceptors (Lipinski definition) is 4. The van der Waals surface area contributed by atoms with Gasteiger partial charge < -0.3 is 14.8 Å². The van der Waals surface area contributed by atoms with Crippen molar-refractivity contribution in [1.82, 2.24) is 0 Å². The minimum atomic E-state index is -0.618. The van der Waals surface area contributed by atoms with Crippen LogP contribution in [0.5, 0.6) is 5.75 Å². The van der Waals surface area contributed by atoms with Crippen LogP contribution in [0.25, 0.3) is 0 Å². The molecule has 1 aliphatic carbocycles. The SMILES string of the molecule is COC(=O)C1(Nc2ccc(OC)cc2)CCC(C)(C)C1. The van der Waals surface area contributed by atoms with Crippen molar-refractivity contribution in [2.75, 3.05) is 19.5 Å². The highest BCUT2D eigenvalue weighted by Crippen LogP contribution is 2.45. The molecule has 0 aliphatic heterocycles. The van der Waals surface area contributed by atoms with E-state index in [4.69, 9.17) is 9.47 Å². The molecular formula is C16H23NO3. The monoisotopic (exact) mass is 277 g/mol. The molecule has 1 atom stereocenters. The van der Waals surface area contributed by atoms with Crippen LogP contribution in [-0.2, 0) is 9.53 Å². The van der Waals surface area contributed by atoms with E-state index in [2.05, 4.69) is 19.2 Å². The molecule has 4 nitrogen and oxygen atoms in total. The van der Waals surface area contributed by atoms with Gasteiger partial charge in [-0.15, -0.1) is 0 Å². The lowest BCUT2D eigenvalue weighted by Gasteiger charge is -2.30. The van der Waals surface area contributed by atoms with E-state index >= 15 is 0 Å². The van der Waals surface area contributed by atoms with Crippen molar-refractivity contribution in [2.24, 2.45) is 5.41 Å². The first-order chi connectivity index (χ1) is 9.41. The van der Waals surface area contributed by atoms with Crippen LogP contribution in [0.15, 0.2) is 24.3 Å². The Morgan fingerprint density at radius 1 is 1.15 bits per heavy atom. The van der Waals surface area contributed by atoms with Gasteiger partial charge in [0.1, 0.15) is 11.3 Å². The molecule has 2 rings (SSSR count). The van der Waals surface area contributed by atoms with Crippen LogP contribution < -0.4 is 10.1 Å². The van der Waals surface area contributed by atoms with Gasteiger partial charge in [-0.25, -0.2) is 4.79 Å². The molecule has 0 aromatic heterocycles. The van der Waals surface area contributed by atoms with Gasteiger partial charge in [0.25, 0.3) is 0 Å².